The summed E-state index contributed by atoms with van der Waals surface area (Å²) in [6, 6.07) is 12.0. The van der Waals surface area contributed by atoms with Crippen LogP contribution in [0.4, 0.5) is 0 Å². The second kappa shape index (κ2) is 7.74. The molecule has 0 bridgehead atoms. The Kier molecular flexibility index (Phi) is 5.28. The molecule has 1 aliphatic rings. The third kappa shape index (κ3) is 4.58. The van der Waals surface area contributed by atoms with E-state index < -0.39 is 21.6 Å². The Morgan fingerprint density at radius 2 is 1.86 bits per heavy atom. The highest BCUT2D eigenvalue weighted by atomic mass is 79.9. The molecule has 4 rings (SSSR count). The minimum atomic E-state index is -3.58. The Morgan fingerprint density at radius 1 is 1.14 bits per heavy atom. The fourth-order valence-corrected chi connectivity index (χ4v) is 4.45. The van der Waals surface area contributed by atoms with Gasteiger partial charge in [0, 0.05) is 27.5 Å². The zero-order chi connectivity index (χ0) is 20.6. The number of carbonyl (C=O) groups excluding carboxylic acids is 1. The van der Waals surface area contributed by atoms with E-state index in [0.29, 0.717) is 16.5 Å². The molecule has 0 atom stereocenters. The first-order valence-corrected chi connectivity index (χ1v) is 11.1. The van der Waals surface area contributed by atoms with Crippen LogP contribution in [0.2, 0.25) is 0 Å². The molecule has 1 heterocycles. The minimum absolute atomic E-state index is 0.00333. The van der Waals surface area contributed by atoms with Crippen LogP contribution in [0.1, 0.15) is 28.8 Å². The Labute approximate surface area is 174 Å². The van der Waals surface area contributed by atoms with Gasteiger partial charge in [0.05, 0.1) is 10.5 Å². The van der Waals surface area contributed by atoms with Crippen LogP contribution in [0.25, 0.3) is 11.0 Å². The molecule has 3 aromatic rings. The smallest absolute Gasteiger partial charge is 0.338 e. The first kappa shape index (κ1) is 19.8. The van der Waals surface area contributed by atoms with E-state index in [-0.39, 0.29) is 23.1 Å². The van der Waals surface area contributed by atoms with Gasteiger partial charge in [0.25, 0.3) is 0 Å². The van der Waals surface area contributed by atoms with Gasteiger partial charge < -0.3 is 9.15 Å². The van der Waals surface area contributed by atoms with Crippen LogP contribution < -0.4 is 10.3 Å². The lowest BCUT2D eigenvalue weighted by Crippen LogP contribution is -2.25. The summed E-state index contributed by atoms with van der Waals surface area (Å²) in [6.07, 6.45) is 1.68. The number of halogens is 1. The highest BCUT2D eigenvalue weighted by molar-refractivity contribution is 9.10. The fraction of sp³-hybridized carbons (Fsp3) is 0.200. The summed E-state index contributed by atoms with van der Waals surface area (Å²) in [5, 5.41) is 0.660. The monoisotopic (exact) mass is 477 g/mol. The molecule has 1 saturated carbocycles. The highest BCUT2D eigenvalue weighted by Crippen LogP contribution is 2.24. The summed E-state index contributed by atoms with van der Waals surface area (Å²) in [7, 11) is -3.58. The summed E-state index contributed by atoms with van der Waals surface area (Å²) in [5.41, 5.74) is 0.574. The number of sulfonamides is 1. The lowest BCUT2D eigenvalue weighted by atomic mass is 10.1. The Morgan fingerprint density at radius 3 is 2.55 bits per heavy atom. The van der Waals surface area contributed by atoms with E-state index in [0.717, 1.165) is 17.3 Å². The van der Waals surface area contributed by atoms with Crippen LogP contribution in [0.5, 0.6) is 0 Å². The molecule has 0 spiro atoms. The maximum atomic E-state index is 12.3. The van der Waals surface area contributed by atoms with Crippen LogP contribution >= 0.6 is 15.9 Å². The SMILES string of the molecule is O=C(OCc1cc(=O)oc2cc(Br)ccc12)c1ccc(S(=O)(=O)NC2CC2)cc1. The number of benzene rings is 2. The molecule has 0 amide bonds. The molecule has 2 aromatic carbocycles. The molecule has 150 valence electrons. The molecule has 29 heavy (non-hydrogen) atoms. The first-order chi connectivity index (χ1) is 13.8. The van der Waals surface area contributed by atoms with E-state index in [1.807, 2.05) is 0 Å². The van der Waals surface area contributed by atoms with Crippen molar-refractivity contribution in [2.24, 2.45) is 0 Å². The molecule has 1 aromatic heterocycles. The molecule has 1 fully saturated rings. The number of rotatable bonds is 6. The van der Waals surface area contributed by atoms with E-state index in [1.165, 1.54) is 30.3 Å². The van der Waals surface area contributed by atoms with Crippen molar-refractivity contribution in [3.8, 4) is 0 Å². The van der Waals surface area contributed by atoms with Crippen molar-refractivity contribution < 1.29 is 22.4 Å². The lowest BCUT2D eigenvalue weighted by molar-refractivity contribution is 0.0473. The zero-order valence-electron chi connectivity index (χ0n) is 15.1. The van der Waals surface area contributed by atoms with Crippen molar-refractivity contribution in [1.82, 2.24) is 4.72 Å². The van der Waals surface area contributed by atoms with Crippen molar-refractivity contribution in [2.45, 2.75) is 30.4 Å². The van der Waals surface area contributed by atoms with Gasteiger partial charge in [-0.1, -0.05) is 15.9 Å². The maximum absolute atomic E-state index is 12.3. The number of hydrogen-bond acceptors (Lipinski definition) is 6. The molecule has 0 radical (unpaired) electrons. The predicted octanol–water partition coefficient (Wildman–Crippen LogP) is 3.35. The van der Waals surface area contributed by atoms with Crippen molar-refractivity contribution >= 4 is 42.9 Å². The summed E-state index contributed by atoms with van der Waals surface area (Å²) in [5.74, 6) is -0.623. The molecule has 9 heteroatoms. The van der Waals surface area contributed by atoms with Gasteiger partial charge in [-0.3, -0.25) is 0 Å². The number of nitrogens with one attached hydrogen (secondary N) is 1. The van der Waals surface area contributed by atoms with Crippen molar-refractivity contribution in [3.63, 3.8) is 0 Å². The Hall–Kier alpha value is -2.49. The van der Waals surface area contributed by atoms with Gasteiger partial charge in [0.15, 0.2) is 0 Å². The van der Waals surface area contributed by atoms with Crippen LogP contribution in [-0.4, -0.2) is 20.4 Å². The van der Waals surface area contributed by atoms with Gasteiger partial charge in [0.2, 0.25) is 10.0 Å². The normalized spacial score (nSPS) is 14.1. The summed E-state index contributed by atoms with van der Waals surface area (Å²) < 4.78 is 38.2. The third-order valence-corrected chi connectivity index (χ3v) is 6.48. The van der Waals surface area contributed by atoms with Gasteiger partial charge in [0.1, 0.15) is 12.2 Å². The first-order valence-electron chi connectivity index (χ1n) is 8.84. The van der Waals surface area contributed by atoms with Gasteiger partial charge >= 0.3 is 11.6 Å². The summed E-state index contributed by atoms with van der Waals surface area (Å²) in [4.78, 5) is 24.2. The molecule has 1 aliphatic carbocycles. The molecular weight excluding hydrogens is 462 g/mol. The second-order valence-corrected chi connectivity index (χ2v) is 9.36. The van der Waals surface area contributed by atoms with E-state index >= 15 is 0 Å². The van der Waals surface area contributed by atoms with Gasteiger partial charge in [-0.15, -0.1) is 0 Å². The minimum Gasteiger partial charge on any atom is -0.457 e. The fourth-order valence-electron chi connectivity index (χ4n) is 2.81. The molecule has 0 aliphatic heterocycles. The third-order valence-electron chi connectivity index (χ3n) is 4.45. The van der Waals surface area contributed by atoms with Crippen molar-refractivity contribution in [2.75, 3.05) is 0 Å². The number of fused-ring (bicyclic) bond motifs is 1. The van der Waals surface area contributed by atoms with Crippen LogP contribution in [0.15, 0.2) is 67.1 Å². The van der Waals surface area contributed by atoms with Crippen molar-refractivity contribution in [1.29, 1.82) is 0 Å². The lowest BCUT2D eigenvalue weighted by Gasteiger charge is -2.09. The average Bonchev–Trinajstić information content (AvgIpc) is 3.48. The quantitative estimate of drug-likeness (QED) is 0.431. The molecule has 1 N–H and O–H groups in total. The van der Waals surface area contributed by atoms with Crippen molar-refractivity contribution in [3.05, 3.63) is 74.6 Å². The number of ether oxygens (including phenoxy) is 1. The molecule has 7 nitrogen and oxygen atoms in total. The standard InChI is InChI=1S/C20H16BrNO6S/c21-14-3-8-17-13(9-19(23)28-18(17)10-14)11-27-20(24)12-1-6-16(7-2-12)29(25,26)22-15-4-5-15/h1-3,6-10,15,22H,4-5,11H2. The second-order valence-electron chi connectivity index (χ2n) is 6.73. The Balaban J connectivity index is 1.49. The van der Waals surface area contributed by atoms with E-state index in [4.69, 9.17) is 9.15 Å². The number of hydrogen-bond donors (Lipinski definition) is 1. The zero-order valence-corrected chi connectivity index (χ0v) is 17.5. The number of carbonyl (C=O) groups is 1. The molecular formula is C20H16BrNO6S. The predicted molar refractivity (Wildman–Crippen MR) is 109 cm³/mol. The highest BCUT2D eigenvalue weighted by Gasteiger charge is 2.28. The average molecular weight is 478 g/mol. The van der Waals surface area contributed by atoms with Crippen LogP contribution in [0, 0.1) is 0 Å². The topological polar surface area (TPSA) is 103 Å². The van der Waals surface area contributed by atoms with E-state index in [9.17, 15) is 18.0 Å². The maximum Gasteiger partial charge on any atom is 0.338 e. The number of esters is 1. The van der Waals surface area contributed by atoms with E-state index in [2.05, 4.69) is 20.7 Å². The Bertz CT molecular complexity index is 1250. The summed E-state index contributed by atoms with van der Waals surface area (Å²) in [6.45, 7) is -0.119. The van der Waals surface area contributed by atoms with Crippen LogP contribution in [0.3, 0.4) is 0 Å². The molecule has 0 unspecified atom stereocenters. The summed E-state index contributed by atoms with van der Waals surface area (Å²) >= 11 is 3.32. The van der Waals surface area contributed by atoms with Crippen LogP contribution in [-0.2, 0) is 21.4 Å². The molecule has 0 saturated heterocycles. The van der Waals surface area contributed by atoms with Gasteiger partial charge in [-0.05, 0) is 55.3 Å². The van der Waals surface area contributed by atoms with Gasteiger partial charge in [-0.25, -0.2) is 22.7 Å². The largest absolute Gasteiger partial charge is 0.457 e. The van der Waals surface area contributed by atoms with Gasteiger partial charge in [-0.2, -0.15) is 0 Å². The van der Waals surface area contributed by atoms with E-state index in [1.54, 1.807) is 18.2 Å².